The monoisotopic (exact) mass is 350 g/mol. The quantitative estimate of drug-likeness (QED) is 0.593. The number of carbonyl (C=O) groups excluding carboxylic acids is 1. The molecule has 0 radical (unpaired) electrons. The van der Waals surface area contributed by atoms with Gasteiger partial charge in [0.15, 0.2) is 0 Å². The van der Waals surface area contributed by atoms with Gasteiger partial charge in [0.1, 0.15) is 17.2 Å². The highest BCUT2D eigenvalue weighted by Crippen LogP contribution is 2.12. The lowest BCUT2D eigenvalue weighted by Crippen LogP contribution is -2.31. The summed E-state index contributed by atoms with van der Waals surface area (Å²) in [5, 5.41) is 3.33. The Morgan fingerprint density at radius 1 is 1.23 bits per heavy atom. The van der Waals surface area contributed by atoms with Crippen LogP contribution in [0.2, 0.25) is 0 Å². The van der Waals surface area contributed by atoms with Crippen molar-refractivity contribution in [1.82, 2.24) is 19.7 Å². The second kappa shape index (κ2) is 6.44. The number of nitrogens with one attached hydrogen (secondary N) is 2. The third kappa shape index (κ3) is 2.95. The predicted octanol–water partition coefficient (Wildman–Crippen LogP) is 2.29. The number of pyridine rings is 2. The number of hydrogen-bond donors (Lipinski definition) is 2. The Hall–Kier alpha value is -3.48. The number of aromatic nitrogens is 3. The van der Waals surface area contributed by atoms with E-state index >= 15 is 0 Å². The first-order valence-electron chi connectivity index (χ1n) is 8.13. The van der Waals surface area contributed by atoms with Crippen molar-refractivity contribution in [1.29, 1.82) is 0 Å². The van der Waals surface area contributed by atoms with Crippen LogP contribution in [0.15, 0.2) is 59.7 Å². The molecule has 0 bridgehead atoms. The van der Waals surface area contributed by atoms with Gasteiger partial charge in [-0.15, -0.1) is 0 Å². The lowest BCUT2D eigenvalue weighted by atomic mass is 10.1. The number of imidazole rings is 1. The van der Waals surface area contributed by atoms with Crippen LogP contribution >= 0.6 is 0 Å². The van der Waals surface area contributed by atoms with Gasteiger partial charge < -0.3 is 14.7 Å². The van der Waals surface area contributed by atoms with E-state index in [9.17, 15) is 14.0 Å². The van der Waals surface area contributed by atoms with Crippen molar-refractivity contribution in [2.24, 2.45) is 0 Å². The summed E-state index contributed by atoms with van der Waals surface area (Å²) in [6.07, 6.45) is 4.21. The van der Waals surface area contributed by atoms with E-state index in [-0.39, 0.29) is 5.56 Å². The van der Waals surface area contributed by atoms with Crippen LogP contribution in [0.5, 0.6) is 0 Å². The first-order valence-corrected chi connectivity index (χ1v) is 8.13. The summed E-state index contributed by atoms with van der Waals surface area (Å²) in [5.41, 5.74) is 0.784. The van der Waals surface area contributed by atoms with Gasteiger partial charge in [-0.25, -0.2) is 9.37 Å². The van der Waals surface area contributed by atoms with E-state index in [1.807, 2.05) is 28.8 Å². The van der Waals surface area contributed by atoms with Crippen LogP contribution < -0.4 is 10.9 Å². The number of rotatable bonds is 4. The molecule has 3 aromatic heterocycles. The summed E-state index contributed by atoms with van der Waals surface area (Å²) in [6, 6.07) is 11.3. The summed E-state index contributed by atoms with van der Waals surface area (Å²) in [7, 11) is 0. The van der Waals surface area contributed by atoms with Gasteiger partial charge in [0.2, 0.25) is 0 Å². The van der Waals surface area contributed by atoms with Crippen molar-refractivity contribution in [3.05, 3.63) is 82.4 Å². The van der Waals surface area contributed by atoms with Crippen LogP contribution in [0, 0.1) is 5.82 Å². The Kier molecular flexibility index (Phi) is 3.96. The van der Waals surface area contributed by atoms with Gasteiger partial charge in [-0.05, 0) is 41.8 Å². The number of benzene rings is 1. The number of hydrogen-bond acceptors (Lipinski definition) is 3. The zero-order valence-electron chi connectivity index (χ0n) is 13.7. The topological polar surface area (TPSA) is 79.3 Å². The van der Waals surface area contributed by atoms with Gasteiger partial charge in [0, 0.05) is 19.2 Å². The Labute approximate surface area is 147 Å². The number of carbonyl (C=O) groups is 1. The van der Waals surface area contributed by atoms with Gasteiger partial charge in [-0.1, -0.05) is 6.07 Å². The standard InChI is InChI=1S/C19H15FN4O2/c20-13-5-4-12-9-15(19(26)23-16(12)10-13)18(25)21-7-6-17-22-11-14-3-1-2-8-24(14)17/h1-5,8-11H,6-7H2,(H,21,25)(H,23,26). The molecule has 6 nitrogen and oxygen atoms in total. The van der Waals surface area contributed by atoms with E-state index in [0.717, 1.165) is 11.3 Å². The van der Waals surface area contributed by atoms with Crippen molar-refractivity contribution < 1.29 is 9.18 Å². The second-order valence-corrected chi connectivity index (χ2v) is 5.92. The van der Waals surface area contributed by atoms with Crippen LogP contribution in [0.1, 0.15) is 16.2 Å². The molecular formula is C19H15FN4O2. The Morgan fingerprint density at radius 3 is 3.00 bits per heavy atom. The van der Waals surface area contributed by atoms with E-state index in [4.69, 9.17) is 0 Å². The average molecular weight is 350 g/mol. The zero-order chi connectivity index (χ0) is 18.1. The molecule has 7 heteroatoms. The van der Waals surface area contributed by atoms with Crippen molar-refractivity contribution in [3.63, 3.8) is 0 Å². The minimum atomic E-state index is -0.549. The van der Waals surface area contributed by atoms with Gasteiger partial charge in [-0.3, -0.25) is 9.59 Å². The molecule has 2 N–H and O–H groups in total. The number of aromatic amines is 1. The molecule has 0 atom stereocenters. The van der Waals surface area contributed by atoms with Gasteiger partial charge in [-0.2, -0.15) is 0 Å². The van der Waals surface area contributed by atoms with Gasteiger partial charge in [0.25, 0.3) is 11.5 Å². The zero-order valence-corrected chi connectivity index (χ0v) is 13.7. The molecule has 0 saturated carbocycles. The van der Waals surface area contributed by atoms with Crippen molar-refractivity contribution >= 4 is 22.3 Å². The van der Waals surface area contributed by atoms with Crippen molar-refractivity contribution in [2.75, 3.05) is 6.54 Å². The van der Waals surface area contributed by atoms with Crippen LogP contribution in [0.3, 0.4) is 0 Å². The van der Waals surface area contributed by atoms with Crippen LogP contribution in [0.4, 0.5) is 4.39 Å². The fourth-order valence-electron chi connectivity index (χ4n) is 2.91. The average Bonchev–Trinajstić information content (AvgIpc) is 3.04. The maximum absolute atomic E-state index is 13.2. The SMILES string of the molecule is O=C(NCCc1ncc2ccccn12)c1cc2ccc(F)cc2[nH]c1=O. The molecule has 26 heavy (non-hydrogen) atoms. The number of H-pyrrole nitrogens is 1. The minimum absolute atomic E-state index is 0.00270. The number of amides is 1. The highest BCUT2D eigenvalue weighted by atomic mass is 19.1. The van der Waals surface area contributed by atoms with E-state index in [0.29, 0.717) is 23.9 Å². The minimum Gasteiger partial charge on any atom is -0.351 e. The summed E-state index contributed by atoms with van der Waals surface area (Å²) in [4.78, 5) is 31.3. The maximum atomic E-state index is 13.2. The molecule has 1 aromatic carbocycles. The number of nitrogens with zero attached hydrogens (tertiary/aromatic N) is 2. The van der Waals surface area contributed by atoms with E-state index < -0.39 is 17.3 Å². The Balaban J connectivity index is 1.50. The molecule has 0 unspecified atom stereocenters. The first kappa shape index (κ1) is 16.0. The highest BCUT2D eigenvalue weighted by molar-refractivity contribution is 5.97. The summed E-state index contributed by atoms with van der Waals surface area (Å²) in [5.74, 6) is -0.0978. The molecule has 1 amide bonds. The molecule has 0 saturated heterocycles. The lowest BCUT2D eigenvalue weighted by molar-refractivity contribution is 0.0952. The highest BCUT2D eigenvalue weighted by Gasteiger charge is 2.12. The summed E-state index contributed by atoms with van der Waals surface area (Å²) in [6.45, 7) is 0.341. The van der Waals surface area contributed by atoms with Gasteiger partial charge in [0.05, 0.1) is 17.2 Å². The molecule has 130 valence electrons. The van der Waals surface area contributed by atoms with Crippen LogP contribution in [-0.4, -0.2) is 26.8 Å². The van der Waals surface area contributed by atoms with E-state index in [1.165, 1.54) is 24.3 Å². The first-order chi connectivity index (χ1) is 12.6. The van der Waals surface area contributed by atoms with E-state index in [2.05, 4.69) is 15.3 Å². The van der Waals surface area contributed by atoms with Crippen molar-refractivity contribution in [3.8, 4) is 0 Å². The smallest absolute Gasteiger partial charge is 0.261 e. The lowest BCUT2D eigenvalue weighted by Gasteiger charge is -2.06. The molecule has 4 aromatic rings. The molecule has 0 aliphatic heterocycles. The molecule has 0 spiro atoms. The fourth-order valence-corrected chi connectivity index (χ4v) is 2.91. The Bertz CT molecular complexity index is 1180. The van der Waals surface area contributed by atoms with E-state index in [1.54, 1.807) is 6.20 Å². The normalized spacial score (nSPS) is 11.1. The third-order valence-electron chi connectivity index (χ3n) is 4.20. The number of halogens is 1. The number of fused-ring (bicyclic) bond motifs is 2. The maximum Gasteiger partial charge on any atom is 0.261 e. The van der Waals surface area contributed by atoms with Gasteiger partial charge >= 0.3 is 0 Å². The largest absolute Gasteiger partial charge is 0.351 e. The van der Waals surface area contributed by atoms with Crippen LogP contribution in [0.25, 0.3) is 16.4 Å². The molecule has 4 rings (SSSR count). The molecule has 3 heterocycles. The van der Waals surface area contributed by atoms with Crippen molar-refractivity contribution in [2.45, 2.75) is 6.42 Å². The summed E-state index contributed by atoms with van der Waals surface area (Å²) >= 11 is 0. The molecular weight excluding hydrogens is 335 g/mol. The second-order valence-electron chi connectivity index (χ2n) is 5.92. The predicted molar refractivity (Wildman–Crippen MR) is 95.8 cm³/mol. The van der Waals surface area contributed by atoms with Crippen LogP contribution in [-0.2, 0) is 6.42 Å². The third-order valence-corrected chi connectivity index (χ3v) is 4.20. The Morgan fingerprint density at radius 2 is 2.12 bits per heavy atom. The molecule has 0 fully saturated rings. The summed E-state index contributed by atoms with van der Waals surface area (Å²) < 4.78 is 15.2. The molecule has 0 aliphatic carbocycles. The fraction of sp³-hybridized carbons (Fsp3) is 0.105. The molecule has 0 aliphatic rings.